The zero-order valence-corrected chi connectivity index (χ0v) is 19.0. The van der Waals surface area contributed by atoms with E-state index in [2.05, 4.69) is 81.4 Å². The van der Waals surface area contributed by atoms with Crippen molar-refractivity contribution in [1.82, 2.24) is 0 Å². The van der Waals surface area contributed by atoms with Gasteiger partial charge in [0.25, 0.3) is 0 Å². The number of rotatable bonds is 5. The summed E-state index contributed by atoms with van der Waals surface area (Å²) in [7, 11) is -1.83. The summed E-state index contributed by atoms with van der Waals surface area (Å²) in [5.74, 6) is 0. The Morgan fingerprint density at radius 3 is 1.62 bits per heavy atom. The molecule has 0 amide bonds. The minimum atomic E-state index is -1.60. The molecule has 0 atom stereocenters. The molecule has 1 fully saturated rings. The van der Waals surface area contributed by atoms with Crippen molar-refractivity contribution in [3.05, 3.63) is 12.1 Å². The van der Waals surface area contributed by atoms with Crippen LogP contribution in [0, 0.1) is 0 Å². The van der Waals surface area contributed by atoms with Gasteiger partial charge in [0, 0.05) is 4.78 Å². The molecule has 2 heterocycles. The van der Waals surface area contributed by atoms with Gasteiger partial charge < -0.3 is 9.31 Å². The lowest BCUT2D eigenvalue weighted by molar-refractivity contribution is 0.00578. The van der Waals surface area contributed by atoms with E-state index < -0.39 is 8.07 Å². The number of hydrogen-bond donors (Lipinski definition) is 0. The fraction of sp³-hybridized carbons (Fsp3) is 0.789. The highest BCUT2D eigenvalue weighted by Gasteiger charge is 2.53. The molecule has 136 valence electrons. The first-order valence-corrected chi connectivity index (χ1v) is 12.4. The second kappa shape index (κ2) is 6.57. The lowest BCUT2D eigenvalue weighted by Crippen LogP contribution is -2.54. The van der Waals surface area contributed by atoms with Crippen molar-refractivity contribution in [2.75, 3.05) is 0 Å². The Kier molecular flexibility index (Phi) is 5.53. The number of hydrogen-bond acceptors (Lipinski definition) is 3. The van der Waals surface area contributed by atoms with Gasteiger partial charge in [-0.05, 0) is 48.8 Å². The monoisotopic (exact) mass is 366 g/mol. The average Bonchev–Trinajstić information content (AvgIpc) is 2.93. The Bertz CT molecular complexity index is 540. The summed E-state index contributed by atoms with van der Waals surface area (Å²) < 4.78 is 15.4. The summed E-state index contributed by atoms with van der Waals surface area (Å²) in [5.41, 5.74) is 1.63. The fourth-order valence-corrected chi connectivity index (χ4v) is 14.5. The molecule has 0 bridgehead atoms. The van der Waals surface area contributed by atoms with Gasteiger partial charge in [0.1, 0.15) is 8.07 Å². The molecule has 0 radical (unpaired) electrons. The maximum absolute atomic E-state index is 6.26. The molecular formula is C19H35BO2SSi. The Labute approximate surface area is 154 Å². The van der Waals surface area contributed by atoms with Crippen molar-refractivity contribution in [2.45, 2.75) is 97.1 Å². The normalized spacial score (nSPS) is 20.6. The van der Waals surface area contributed by atoms with Crippen molar-refractivity contribution >= 4 is 35.8 Å². The minimum absolute atomic E-state index is 0.230. The molecule has 5 heteroatoms. The lowest BCUT2D eigenvalue weighted by Gasteiger charge is -2.42. The predicted octanol–water partition coefficient (Wildman–Crippen LogP) is 4.93. The van der Waals surface area contributed by atoms with Crippen LogP contribution in [-0.2, 0) is 9.31 Å². The van der Waals surface area contributed by atoms with Gasteiger partial charge in [-0.2, -0.15) is 11.3 Å². The first kappa shape index (κ1) is 20.2. The molecule has 1 saturated heterocycles. The van der Waals surface area contributed by atoms with E-state index in [1.165, 1.54) is 4.78 Å². The summed E-state index contributed by atoms with van der Waals surface area (Å²) in [4.78, 5) is 0. The summed E-state index contributed by atoms with van der Waals surface area (Å²) in [5, 5.41) is 0. The van der Waals surface area contributed by atoms with Crippen molar-refractivity contribution in [3.8, 4) is 0 Å². The van der Waals surface area contributed by atoms with E-state index in [0.717, 1.165) is 16.6 Å². The molecule has 1 aromatic heterocycles. The van der Waals surface area contributed by atoms with Crippen molar-refractivity contribution in [2.24, 2.45) is 0 Å². The third-order valence-corrected chi connectivity index (χ3v) is 15.4. The molecule has 1 aliphatic rings. The molecule has 0 aromatic carbocycles. The third kappa shape index (κ3) is 3.06. The zero-order chi connectivity index (χ0) is 18.5. The van der Waals surface area contributed by atoms with Gasteiger partial charge >= 0.3 is 7.12 Å². The standard InChI is InChI=1S/C19H35BO2SSi/c1-13(2)24(14(3)4,15(5)6)17-12-11-16(23-17)20-21-18(7,8)19(9,10)22-20/h11-15H,1-10H3. The number of thiophene rings is 1. The molecule has 1 aliphatic heterocycles. The van der Waals surface area contributed by atoms with Crippen LogP contribution in [0.4, 0.5) is 0 Å². The second-order valence-corrected chi connectivity index (χ2v) is 16.5. The quantitative estimate of drug-likeness (QED) is 0.688. The van der Waals surface area contributed by atoms with Gasteiger partial charge in [-0.25, -0.2) is 0 Å². The third-order valence-electron chi connectivity index (χ3n) is 6.41. The summed E-state index contributed by atoms with van der Waals surface area (Å²) in [6.45, 7) is 23.0. The van der Waals surface area contributed by atoms with Crippen molar-refractivity contribution in [3.63, 3.8) is 0 Å². The van der Waals surface area contributed by atoms with Crippen LogP contribution in [0.15, 0.2) is 12.1 Å². The van der Waals surface area contributed by atoms with E-state index in [1.54, 1.807) is 4.50 Å². The van der Waals surface area contributed by atoms with Crippen LogP contribution in [0.25, 0.3) is 0 Å². The molecule has 0 spiro atoms. The Hall–Kier alpha value is -0.0982. The molecule has 0 saturated carbocycles. The van der Waals surface area contributed by atoms with Gasteiger partial charge in [-0.15, -0.1) is 0 Å². The van der Waals surface area contributed by atoms with Crippen LogP contribution in [0.2, 0.25) is 16.6 Å². The lowest BCUT2D eigenvalue weighted by atomic mass is 9.88. The molecule has 2 nitrogen and oxygen atoms in total. The van der Waals surface area contributed by atoms with Crippen LogP contribution in [0.3, 0.4) is 0 Å². The highest BCUT2D eigenvalue weighted by atomic mass is 32.1. The molecule has 0 unspecified atom stereocenters. The summed E-state index contributed by atoms with van der Waals surface area (Å²) >= 11 is 1.94. The molecule has 0 N–H and O–H groups in total. The molecule has 24 heavy (non-hydrogen) atoms. The van der Waals surface area contributed by atoms with Gasteiger partial charge in [-0.3, -0.25) is 0 Å². The Balaban J connectivity index is 2.40. The highest BCUT2D eigenvalue weighted by Crippen LogP contribution is 2.42. The predicted molar refractivity (Wildman–Crippen MR) is 111 cm³/mol. The zero-order valence-electron chi connectivity index (χ0n) is 17.2. The first-order valence-electron chi connectivity index (χ1n) is 9.32. The summed E-state index contributed by atoms with van der Waals surface area (Å²) in [6, 6.07) is 4.62. The van der Waals surface area contributed by atoms with Gasteiger partial charge in [0.2, 0.25) is 0 Å². The summed E-state index contributed by atoms with van der Waals surface area (Å²) in [6.07, 6.45) is 0. The average molecular weight is 366 g/mol. The van der Waals surface area contributed by atoms with Crippen LogP contribution in [0.1, 0.15) is 69.2 Å². The van der Waals surface area contributed by atoms with Crippen molar-refractivity contribution in [1.29, 1.82) is 0 Å². The van der Waals surface area contributed by atoms with E-state index in [0.29, 0.717) is 0 Å². The first-order chi connectivity index (χ1) is 10.9. The molecular weight excluding hydrogens is 331 g/mol. The van der Waals surface area contributed by atoms with Gasteiger partial charge in [0.05, 0.1) is 11.2 Å². The van der Waals surface area contributed by atoms with Gasteiger partial charge in [0.15, 0.2) is 0 Å². The SMILES string of the molecule is CC(C)[Si](c1ccc(B2OC(C)(C)C(C)(C)O2)s1)(C(C)C)C(C)C. The van der Waals surface area contributed by atoms with Crippen LogP contribution in [-0.4, -0.2) is 26.4 Å². The van der Waals surface area contributed by atoms with E-state index in [-0.39, 0.29) is 18.3 Å². The maximum Gasteiger partial charge on any atom is 0.505 e. The van der Waals surface area contributed by atoms with E-state index in [4.69, 9.17) is 9.31 Å². The van der Waals surface area contributed by atoms with Crippen molar-refractivity contribution < 1.29 is 9.31 Å². The minimum Gasteiger partial charge on any atom is -0.399 e. The van der Waals surface area contributed by atoms with E-state index >= 15 is 0 Å². The Morgan fingerprint density at radius 2 is 1.25 bits per heavy atom. The van der Waals surface area contributed by atoms with Gasteiger partial charge in [-0.1, -0.05) is 53.7 Å². The van der Waals surface area contributed by atoms with Crippen LogP contribution >= 0.6 is 11.3 Å². The fourth-order valence-electron chi connectivity index (χ4n) is 4.53. The molecule has 2 rings (SSSR count). The maximum atomic E-state index is 6.26. The molecule has 1 aromatic rings. The second-order valence-electron chi connectivity index (χ2n) is 9.19. The molecule has 0 aliphatic carbocycles. The van der Waals surface area contributed by atoms with E-state index in [1.807, 2.05) is 11.3 Å². The highest BCUT2D eigenvalue weighted by molar-refractivity contribution is 7.33. The van der Waals surface area contributed by atoms with E-state index in [9.17, 15) is 0 Å². The van der Waals surface area contributed by atoms with Crippen LogP contribution < -0.4 is 9.28 Å². The topological polar surface area (TPSA) is 18.5 Å². The largest absolute Gasteiger partial charge is 0.505 e. The van der Waals surface area contributed by atoms with Crippen LogP contribution in [0.5, 0.6) is 0 Å². The Morgan fingerprint density at radius 1 is 0.833 bits per heavy atom. The smallest absolute Gasteiger partial charge is 0.399 e.